The summed E-state index contributed by atoms with van der Waals surface area (Å²) in [4.78, 5) is 12.0. The molecule has 164 valence electrons. The molecule has 1 aliphatic heterocycles. The van der Waals surface area contributed by atoms with Crippen LogP contribution in [0.2, 0.25) is 0 Å². The molecule has 1 spiro atoms. The molecule has 4 N–H and O–H groups in total. The van der Waals surface area contributed by atoms with Gasteiger partial charge in [-0.3, -0.25) is 4.79 Å². The lowest BCUT2D eigenvalue weighted by Crippen LogP contribution is -2.63. The number of hydrogen-bond donors (Lipinski definition) is 4. The maximum Gasteiger partial charge on any atom is 0.302 e. The number of hydrogen-bond acceptors (Lipinski definition) is 7. The zero-order chi connectivity index (χ0) is 21.4. The van der Waals surface area contributed by atoms with E-state index in [9.17, 15) is 25.2 Å². The standard InChI is InChI=1S/C22H34O7/c1-10(23)28-16-11-6-7-12-20(5,26)15-14-17(29-14)18(2,3)22(15,27)13(24)8-21(12,16)9-19(11,4)25/h11-17,24-27H,6-9H2,1-5H3/t11-,12+,13-,14+,15+,16+,17+,19-,20-,21+,22-/m1/s1. The van der Waals surface area contributed by atoms with Crippen LogP contribution in [0, 0.1) is 28.6 Å². The topological polar surface area (TPSA) is 120 Å². The van der Waals surface area contributed by atoms with Gasteiger partial charge in [-0.1, -0.05) is 13.8 Å². The Kier molecular flexibility index (Phi) is 3.73. The molecule has 1 heterocycles. The lowest BCUT2D eigenvalue weighted by molar-refractivity contribution is -0.223. The van der Waals surface area contributed by atoms with Crippen LogP contribution >= 0.6 is 0 Å². The molecule has 4 aliphatic carbocycles. The summed E-state index contributed by atoms with van der Waals surface area (Å²) in [6.07, 6.45) is -0.470. The molecule has 7 nitrogen and oxygen atoms in total. The SMILES string of the molecule is CC(=O)O[C@H]1[C@H]2CC[C@H]3[C@@](C)(O)[C@@H]4[C@@H]5O[C@@H]5C(C)(C)[C@@]4(O)[C@H](O)C[C@@]13C[C@@]2(C)O. The van der Waals surface area contributed by atoms with Crippen molar-refractivity contribution in [1.29, 1.82) is 0 Å². The highest BCUT2D eigenvalue weighted by atomic mass is 16.6. The van der Waals surface area contributed by atoms with Crippen LogP contribution in [-0.4, -0.2) is 67.6 Å². The van der Waals surface area contributed by atoms with Gasteiger partial charge in [0, 0.05) is 29.6 Å². The predicted molar refractivity (Wildman–Crippen MR) is 102 cm³/mol. The van der Waals surface area contributed by atoms with Crippen molar-refractivity contribution in [3.63, 3.8) is 0 Å². The Labute approximate surface area is 171 Å². The Hall–Kier alpha value is -0.730. The minimum atomic E-state index is -1.53. The number of carbonyl (C=O) groups excluding carboxylic acids is 1. The molecule has 7 heteroatoms. The molecule has 5 fully saturated rings. The normalized spacial score (nSPS) is 61.9. The molecular weight excluding hydrogens is 376 g/mol. The van der Waals surface area contributed by atoms with Gasteiger partial charge in [-0.05, 0) is 45.4 Å². The van der Waals surface area contributed by atoms with Crippen LogP contribution in [0.4, 0.5) is 0 Å². The Balaban J connectivity index is 1.69. The van der Waals surface area contributed by atoms with E-state index in [4.69, 9.17) is 9.47 Å². The van der Waals surface area contributed by atoms with Crippen LogP contribution in [0.5, 0.6) is 0 Å². The average molecular weight is 411 g/mol. The zero-order valence-electron chi connectivity index (χ0n) is 17.9. The monoisotopic (exact) mass is 410 g/mol. The molecule has 29 heavy (non-hydrogen) atoms. The number of aliphatic hydroxyl groups is 4. The second-order valence-electron chi connectivity index (χ2n) is 11.5. The maximum atomic E-state index is 12.0. The first-order valence-electron chi connectivity index (χ1n) is 10.9. The van der Waals surface area contributed by atoms with Gasteiger partial charge in [0.1, 0.15) is 11.7 Å². The molecule has 0 aromatic carbocycles. The van der Waals surface area contributed by atoms with E-state index in [2.05, 4.69) is 0 Å². The molecule has 4 saturated carbocycles. The second-order valence-corrected chi connectivity index (χ2v) is 11.5. The molecule has 0 unspecified atom stereocenters. The molecular formula is C22H34O7. The van der Waals surface area contributed by atoms with Crippen molar-refractivity contribution in [2.24, 2.45) is 28.6 Å². The highest BCUT2D eigenvalue weighted by Gasteiger charge is 2.83. The van der Waals surface area contributed by atoms with E-state index in [1.54, 1.807) is 13.8 Å². The highest BCUT2D eigenvalue weighted by molar-refractivity contribution is 5.66. The van der Waals surface area contributed by atoms with Gasteiger partial charge in [0.25, 0.3) is 0 Å². The molecule has 5 aliphatic rings. The quantitative estimate of drug-likeness (QED) is 0.372. The first-order valence-corrected chi connectivity index (χ1v) is 10.9. The fraction of sp³-hybridized carbons (Fsp3) is 0.955. The van der Waals surface area contributed by atoms with E-state index in [-0.39, 0.29) is 30.5 Å². The van der Waals surface area contributed by atoms with Crippen LogP contribution in [0.3, 0.4) is 0 Å². The summed E-state index contributed by atoms with van der Waals surface area (Å²) in [5.41, 5.74) is -5.47. The van der Waals surface area contributed by atoms with Gasteiger partial charge in [0.15, 0.2) is 0 Å². The Morgan fingerprint density at radius 3 is 2.38 bits per heavy atom. The summed E-state index contributed by atoms with van der Waals surface area (Å²) in [5.74, 6) is -1.66. The smallest absolute Gasteiger partial charge is 0.302 e. The number of ether oxygens (including phenoxy) is 2. The maximum absolute atomic E-state index is 12.0. The van der Waals surface area contributed by atoms with Gasteiger partial charge in [-0.2, -0.15) is 0 Å². The van der Waals surface area contributed by atoms with Crippen LogP contribution in [0.15, 0.2) is 0 Å². The molecule has 11 atom stereocenters. The van der Waals surface area contributed by atoms with Gasteiger partial charge in [0.2, 0.25) is 0 Å². The largest absolute Gasteiger partial charge is 0.462 e. The minimum absolute atomic E-state index is 0.175. The van der Waals surface area contributed by atoms with Gasteiger partial charge in [-0.15, -0.1) is 0 Å². The highest BCUT2D eigenvalue weighted by Crippen LogP contribution is 2.73. The number of esters is 1. The van der Waals surface area contributed by atoms with Crippen molar-refractivity contribution in [3.05, 3.63) is 0 Å². The van der Waals surface area contributed by atoms with Crippen molar-refractivity contribution in [1.82, 2.24) is 0 Å². The second kappa shape index (κ2) is 5.36. The van der Waals surface area contributed by atoms with Gasteiger partial charge in [0.05, 0.1) is 29.5 Å². The van der Waals surface area contributed by atoms with Crippen molar-refractivity contribution in [2.75, 3.05) is 0 Å². The molecule has 2 bridgehead atoms. The number of aliphatic hydroxyl groups excluding tert-OH is 1. The summed E-state index contributed by atoms with van der Waals surface area (Å²) >= 11 is 0. The number of epoxide rings is 1. The summed E-state index contributed by atoms with van der Waals surface area (Å²) in [5, 5.41) is 46.6. The lowest BCUT2D eigenvalue weighted by Gasteiger charge is -2.52. The van der Waals surface area contributed by atoms with Crippen LogP contribution in [-0.2, 0) is 14.3 Å². The van der Waals surface area contributed by atoms with E-state index >= 15 is 0 Å². The van der Waals surface area contributed by atoms with E-state index in [1.165, 1.54) is 6.92 Å². The minimum Gasteiger partial charge on any atom is -0.462 e. The summed E-state index contributed by atoms with van der Waals surface area (Å²) in [7, 11) is 0. The molecule has 1 saturated heterocycles. The Morgan fingerprint density at radius 2 is 1.76 bits per heavy atom. The molecule has 0 amide bonds. The number of rotatable bonds is 1. The fourth-order valence-electron chi connectivity index (χ4n) is 8.61. The first kappa shape index (κ1) is 20.2. The summed E-state index contributed by atoms with van der Waals surface area (Å²) in [6.45, 7) is 8.64. The van der Waals surface area contributed by atoms with E-state index < -0.39 is 51.7 Å². The Bertz CT molecular complexity index is 760. The lowest BCUT2D eigenvalue weighted by atomic mass is 9.57. The van der Waals surface area contributed by atoms with E-state index in [1.807, 2.05) is 13.8 Å². The molecule has 0 radical (unpaired) electrons. The number of fused-ring (bicyclic) bond motifs is 4. The fourth-order valence-corrected chi connectivity index (χ4v) is 8.61. The number of carbonyl (C=O) groups is 1. The van der Waals surface area contributed by atoms with Crippen LogP contribution in [0.25, 0.3) is 0 Å². The molecule has 5 rings (SSSR count). The third-order valence-corrected chi connectivity index (χ3v) is 9.66. The van der Waals surface area contributed by atoms with Crippen molar-refractivity contribution in [2.45, 2.75) is 102 Å². The van der Waals surface area contributed by atoms with Gasteiger partial charge < -0.3 is 29.9 Å². The summed E-state index contributed by atoms with van der Waals surface area (Å²) in [6, 6.07) is 0. The predicted octanol–water partition coefficient (Wildman–Crippen LogP) is 0.755. The van der Waals surface area contributed by atoms with E-state index in [0.717, 1.165) is 0 Å². The van der Waals surface area contributed by atoms with Crippen molar-refractivity contribution in [3.8, 4) is 0 Å². The molecule has 0 aromatic heterocycles. The Morgan fingerprint density at radius 1 is 1.10 bits per heavy atom. The van der Waals surface area contributed by atoms with Crippen molar-refractivity contribution >= 4 is 5.97 Å². The zero-order valence-corrected chi connectivity index (χ0v) is 17.9. The average Bonchev–Trinajstić information content (AvgIpc) is 3.29. The van der Waals surface area contributed by atoms with Crippen LogP contribution in [0.1, 0.15) is 60.3 Å². The van der Waals surface area contributed by atoms with E-state index in [0.29, 0.717) is 19.3 Å². The molecule has 0 aromatic rings. The van der Waals surface area contributed by atoms with Gasteiger partial charge in [-0.25, -0.2) is 0 Å². The third kappa shape index (κ3) is 2.14. The first-order chi connectivity index (χ1) is 13.2. The summed E-state index contributed by atoms with van der Waals surface area (Å²) < 4.78 is 11.6. The van der Waals surface area contributed by atoms with Crippen LogP contribution < -0.4 is 0 Å². The van der Waals surface area contributed by atoms with Crippen molar-refractivity contribution < 1.29 is 34.7 Å². The van der Waals surface area contributed by atoms with Gasteiger partial charge >= 0.3 is 5.97 Å². The third-order valence-electron chi connectivity index (χ3n) is 9.66.